The SMILES string of the molecule is COc1nc(C2=NC(c3cn(C)c4ncc(Cl)cc34)C(C)ON2)ccc1-n1cnc(C)c1. The fourth-order valence-electron chi connectivity index (χ4n) is 3.89. The van der Waals surface area contributed by atoms with Crippen molar-refractivity contribution in [1.29, 1.82) is 0 Å². The number of rotatable bonds is 4. The third-order valence-electron chi connectivity index (χ3n) is 5.45. The van der Waals surface area contributed by atoms with E-state index in [0.29, 0.717) is 22.4 Å². The van der Waals surface area contributed by atoms with E-state index in [1.54, 1.807) is 19.6 Å². The van der Waals surface area contributed by atoms with Crippen molar-refractivity contribution in [2.45, 2.75) is 26.0 Å². The number of pyridine rings is 2. The number of fused-ring (bicyclic) bond motifs is 1. The van der Waals surface area contributed by atoms with E-state index < -0.39 is 0 Å². The second-order valence-electron chi connectivity index (χ2n) is 7.71. The minimum atomic E-state index is -0.265. The quantitative estimate of drug-likeness (QED) is 0.510. The second kappa shape index (κ2) is 7.92. The third kappa shape index (κ3) is 3.49. The van der Waals surface area contributed by atoms with Gasteiger partial charge in [0.15, 0.2) is 5.84 Å². The highest BCUT2D eigenvalue weighted by Crippen LogP contribution is 2.34. The molecule has 0 spiro atoms. The van der Waals surface area contributed by atoms with Crippen LogP contribution in [0.25, 0.3) is 16.7 Å². The van der Waals surface area contributed by atoms with Crippen molar-refractivity contribution >= 4 is 28.5 Å². The fraction of sp³-hybridized carbons (Fsp3) is 0.273. The molecule has 0 aromatic carbocycles. The molecule has 0 amide bonds. The zero-order chi connectivity index (χ0) is 22.4. The summed E-state index contributed by atoms with van der Waals surface area (Å²) in [7, 11) is 3.54. The number of ether oxygens (including phenoxy) is 1. The van der Waals surface area contributed by atoms with Crippen LogP contribution in [0.3, 0.4) is 0 Å². The molecule has 1 aliphatic rings. The summed E-state index contributed by atoms with van der Waals surface area (Å²) in [6, 6.07) is 5.43. The minimum absolute atomic E-state index is 0.210. The number of halogens is 1. The van der Waals surface area contributed by atoms with Crippen molar-refractivity contribution in [3.05, 3.63) is 65.1 Å². The van der Waals surface area contributed by atoms with Crippen LogP contribution in [0.4, 0.5) is 0 Å². The molecule has 4 aromatic rings. The predicted molar refractivity (Wildman–Crippen MR) is 121 cm³/mol. The molecule has 0 saturated heterocycles. The van der Waals surface area contributed by atoms with Gasteiger partial charge in [0.1, 0.15) is 29.2 Å². The van der Waals surface area contributed by atoms with Crippen LogP contribution in [0.2, 0.25) is 5.02 Å². The average molecular weight is 452 g/mol. The van der Waals surface area contributed by atoms with E-state index in [0.717, 1.165) is 28.0 Å². The maximum Gasteiger partial charge on any atom is 0.238 e. The lowest BCUT2D eigenvalue weighted by Crippen LogP contribution is -2.38. The van der Waals surface area contributed by atoms with Crippen LogP contribution in [0.5, 0.6) is 5.88 Å². The van der Waals surface area contributed by atoms with Gasteiger partial charge in [-0.15, -0.1) is 0 Å². The topological polar surface area (TPSA) is 91.4 Å². The van der Waals surface area contributed by atoms with Crippen LogP contribution < -0.4 is 10.2 Å². The van der Waals surface area contributed by atoms with Crippen LogP contribution in [0.1, 0.15) is 29.9 Å². The number of aryl methyl sites for hydroxylation is 2. The van der Waals surface area contributed by atoms with Gasteiger partial charge in [0.2, 0.25) is 5.88 Å². The van der Waals surface area contributed by atoms with E-state index in [4.69, 9.17) is 26.2 Å². The zero-order valence-electron chi connectivity index (χ0n) is 18.1. The lowest BCUT2D eigenvalue weighted by molar-refractivity contribution is -0.00453. The Hall–Kier alpha value is -3.43. The van der Waals surface area contributed by atoms with Gasteiger partial charge in [0, 0.05) is 36.6 Å². The predicted octanol–water partition coefficient (Wildman–Crippen LogP) is 3.54. The van der Waals surface area contributed by atoms with Crippen LogP contribution in [0.15, 0.2) is 48.1 Å². The molecule has 164 valence electrons. The number of hydrogen-bond acceptors (Lipinski definition) is 7. The molecule has 2 unspecified atom stereocenters. The van der Waals surface area contributed by atoms with Crippen molar-refractivity contribution in [2.24, 2.45) is 12.0 Å². The fourth-order valence-corrected chi connectivity index (χ4v) is 4.05. The summed E-state index contributed by atoms with van der Waals surface area (Å²) < 4.78 is 9.37. The van der Waals surface area contributed by atoms with Crippen LogP contribution >= 0.6 is 11.6 Å². The number of imidazole rings is 1. The van der Waals surface area contributed by atoms with Gasteiger partial charge in [0.25, 0.3) is 0 Å². The Balaban J connectivity index is 1.56. The molecule has 0 aliphatic carbocycles. The number of nitrogens with zero attached hydrogens (tertiary/aromatic N) is 6. The van der Waals surface area contributed by atoms with Crippen molar-refractivity contribution in [3.63, 3.8) is 0 Å². The summed E-state index contributed by atoms with van der Waals surface area (Å²) in [6.07, 6.45) is 7.09. The maximum absolute atomic E-state index is 6.22. The number of methoxy groups -OCH3 is 1. The van der Waals surface area contributed by atoms with Crippen molar-refractivity contribution in [1.82, 2.24) is 29.6 Å². The molecule has 10 heteroatoms. The normalized spacial score (nSPS) is 18.5. The standard InChI is InChI=1S/C22H22ClN7O2/c1-12-9-30(11-25-12)18-6-5-17(26-22(18)31-4)20-27-19(13(2)32-28-20)16-10-29(3)21-15(16)7-14(23)8-24-21/h5-11,13,19H,1-4H3,(H,27,28). The second-order valence-corrected chi connectivity index (χ2v) is 8.15. The Bertz CT molecular complexity index is 1340. The smallest absolute Gasteiger partial charge is 0.238 e. The van der Waals surface area contributed by atoms with E-state index >= 15 is 0 Å². The number of nitrogens with one attached hydrogen (secondary N) is 1. The molecule has 0 bridgehead atoms. The molecular weight excluding hydrogens is 430 g/mol. The molecule has 2 atom stereocenters. The highest BCUT2D eigenvalue weighted by atomic mass is 35.5. The minimum Gasteiger partial charge on any atom is -0.479 e. The van der Waals surface area contributed by atoms with Crippen LogP contribution in [0, 0.1) is 6.92 Å². The molecule has 1 N–H and O–H groups in total. The molecule has 32 heavy (non-hydrogen) atoms. The first-order chi connectivity index (χ1) is 15.4. The zero-order valence-corrected chi connectivity index (χ0v) is 18.8. The molecule has 4 aromatic heterocycles. The molecular formula is C22H22ClN7O2. The average Bonchev–Trinajstić information content (AvgIpc) is 3.36. The van der Waals surface area contributed by atoms with Crippen molar-refractivity contribution in [2.75, 3.05) is 7.11 Å². The summed E-state index contributed by atoms with van der Waals surface area (Å²) in [5.41, 5.74) is 7.06. The van der Waals surface area contributed by atoms with Gasteiger partial charge < -0.3 is 13.9 Å². The van der Waals surface area contributed by atoms with Gasteiger partial charge in [0.05, 0.1) is 24.2 Å². The Morgan fingerprint density at radius 3 is 2.81 bits per heavy atom. The molecule has 0 saturated carbocycles. The molecule has 9 nitrogen and oxygen atoms in total. The van der Waals surface area contributed by atoms with Gasteiger partial charge in [-0.2, -0.15) is 0 Å². The first-order valence-electron chi connectivity index (χ1n) is 10.1. The third-order valence-corrected chi connectivity index (χ3v) is 5.66. The Labute approximate surface area is 189 Å². The number of amidine groups is 1. The van der Waals surface area contributed by atoms with E-state index in [-0.39, 0.29) is 12.1 Å². The van der Waals surface area contributed by atoms with Gasteiger partial charge in [-0.3, -0.25) is 9.83 Å². The summed E-state index contributed by atoms with van der Waals surface area (Å²) in [5.74, 6) is 0.979. The Morgan fingerprint density at radius 2 is 2.06 bits per heavy atom. The van der Waals surface area contributed by atoms with E-state index in [9.17, 15) is 0 Å². The maximum atomic E-state index is 6.22. The van der Waals surface area contributed by atoms with Crippen molar-refractivity contribution in [3.8, 4) is 11.6 Å². The first-order valence-corrected chi connectivity index (χ1v) is 10.5. The first kappa shape index (κ1) is 20.5. The summed E-state index contributed by atoms with van der Waals surface area (Å²) in [6.45, 7) is 3.90. The molecule has 0 fully saturated rings. The van der Waals surface area contributed by atoms with Gasteiger partial charge >= 0.3 is 0 Å². The number of aromatic nitrogens is 5. The van der Waals surface area contributed by atoms with E-state index in [1.807, 2.05) is 60.6 Å². The highest BCUT2D eigenvalue weighted by Gasteiger charge is 2.29. The van der Waals surface area contributed by atoms with E-state index in [2.05, 4.69) is 20.4 Å². The summed E-state index contributed by atoms with van der Waals surface area (Å²) >= 11 is 6.22. The van der Waals surface area contributed by atoms with E-state index in [1.165, 1.54) is 0 Å². The summed E-state index contributed by atoms with van der Waals surface area (Å²) in [4.78, 5) is 24.2. The largest absolute Gasteiger partial charge is 0.479 e. The highest BCUT2D eigenvalue weighted by molar-refractivity contribution is 6.31. The number of hydrogen-bond donors (Lipinski definition) is 1. The summed E-state index contributed by atoms with van der Waals surface area (Å²) in [5, 5.41) is 1.52. The Kier molecular flexibility index (Phi) is 5.07. The lowest BCUT2D eigenvalue weighted by Gasteiger charge is -2.27. The number of hydroxylamine groups is 1. The van der Waals surface area contributed by atoms with Crippen molar-refractivity contribution < 1.29 is 9.57 Å². The molecule has 1 aliphatic heterocycles. The van der Waals surface area contributed by atoms with Crippen LogP contribution in [-0.4, -0.2) is 43.1 Å². The Morgan fingerprint density at radius 1 is 1.22 bits per heavy atom. The molecule has 0 radical (unpaired) electrons. The molecule has 5 heterocycles. The van der Waals surface area contributed by atoms with Gasteiger partial charge in [-0.1, -0.05) is 11.6 Å². The molecule has 5 rings (SSSR count). The van der Waals surface area contributed by atoms with Gasteiger partial charge in [-0.05, 0) is 32.0 Å². The monoisotopic (exact) mass is 451 g/mol. The lowest BCUT2D eigenvalue weighted by atomic mass is 10.0. The van der Waals surface area contributed by atoms with Crippen LogP contribution in [-0.2, 0) is 11.9 Å². The number of aliphatic imine (C=N–C) groups is 1. The van der Waals surface area contributed by atoms with Gasteiger partial charge in [-0.25, -0.2) is 20.4 Å².